The Balaban J connectivity index is 1.36. The van der Waals surface area contributed by atoms with Crippen molar-refractivity contribution in [1.82, 2.24) is 14.8 Å². The van der Waals surface area contributed by atoms with Crippen molar-refractivity contribution in [2.24, 2.45) is 11.8 Å². The number of likely N-dealkylation sites (tertiary alicyclic amines) is 1. The maximum atomic E-state index is 13.1. The molecule has 30 heavy (non-hydrogen) atoms. The highest BCUT2D eigenvalue weighted by molar-refractivity contribution is 7.17. The van der Waals surface area contributed by atoms with Gasteiger partial charge in [-0.25, -0.2) is 4.98 Å². The summed E-state index contributed by atoms with van der Waals surface area (Å²) in [5.41, 5.74) is 1.83. The van der Waals surface area contributed by atoms with Crippen molar-refractivity contribution >= 4 is 23.2 Å². The van der Waals surface area contributed by atoms with Crippen LogP contribution in [-0.4, -0.2) is 66.0 Å². The van der Waals surface area contributed by atoms with Crippen molar-refractivity contribution in [2.45, 2.75) is 26.7 Å². The van der Waals surface area contributed by atoms with E-state index in [-0.39, 0.29) is 17.7 Å². The maximum Gasteiger partial charge on any atom is 0.265 e. The van der Waals surface area contributed by atoms with Crippen molar-refractivity contribution in [3.05, 3.63) is 40.9 Å². The standard InChI is InChI=1S/C23H29N3O3S/c1-16(22(27)26-12-14-29-15-13-26)18-8-10-25(11-9-18)23(28)20-17(2)24-21(30-20)19-6-4-3-5-7-19/h3-7,16,18H,8-15H2,1-2H3/t16-/m0/s1. The molecule has 4 rings (SSSR count). The second-order valence-electron chi connectivity index (χ2n) is 8.16. The zero-order valence-corrected chi connectivity index (χ0v) is 18.5. The molecule has 0 unspecified atom stereocenters. The van der Waals surface area contributed by atoms with Gasteiger partial charge in [0.05, 0.1) is 18.9 Å². The number of aromatic nitrogens is 1. The normalized spacial score (nSPS) is 19.0. The van der Waals surface area contributed by atoms with Gasteiger partial charge < -0.3 is 14.5 Å². The van der Waals surface area contributed by atoms with Crippen LogP contribution in [0.4, 0.5) is 0 Å². The first-order valence-electron chi connectivity index (χ1n) is 10.7. The van der Waals surface area contributed by atoms with Crippen molar-refractivity contribution < 1.29 is 14.3 Å². The third-order valence-electron chi connectivity index (χ3n) is 6.26. The van der Waals surface area contributed by atoms with E-state index >= 15 is 0 Å². The van der Waals surface area contributed by atoms with Crippen LogP contribution in [0.25, 0.3) is 10.6 Å². The number of carbonyl (C=O) groups excluding carboxylic acids is 2. The molecule has 1 aromatic carbocycles. The molecule has 6 nitrogen and oxygen atoms in total. The Hall–Kier alpha value is -2.25. The van der Waals surface area contributed by atoms with Crippen LogP contribution >= 0.6 is 11.3 Å². The first-order valence-corrected chi connectivity index (χ1v) is 11.5. The number of piperidine rings is 1. The van der Waals surface area contributed by atoms with Crippen LogP contribution in [0.2, 0.25) is 0 Å². The molecular weight excluding hydrogens is 398 g/mol. The number of hydrogen-bond donors (Lipinski definition) is 0. The number of benzene rings is 1. The van der Waals surface area contributed by atoms with Crippen LogP contribution in [-0.2, 0) is 9.53 Å². The van der Waals surface area contributed by atoms with E-state index in [1.165, 1.54) is 11.3 Å². The summed E-state index contributed by atoms with van der Waals surface area (Å²) in [6.07, 6.45) is 1.73. The maximum absolute atomic E-state index is 13.1. The number of amides is 2. The van der Waals surface area contributed by atoms with Crippen molar-refractivity contribution in [1.29, 1.82) is 0 Å². The van der Waals surface area contributed by atoms with Crippen LogP contribution < -0.4 is 0 Å². The van der Waals surface area contributed by atoms with E-state index < -0.39 is 0 Å². The zero-order chi connectivity index (χ0) is 21.1. The molecule has 0 bridgehead atoms. The second kappa shape index (κ2) is 9.27. The highest BCUT2D eigenvalue weighted by atomic mass is 32.1. The molecule has 160 valence electrons. The van der Waals surface area contributed by atoms with E-state index in [4.69, 9.17) is 4.74 Å². The molecule has 7 heteroatoms. The Labute approximate surface area is 181 Å². The smallest absolute Gasteiger partial charge is 0.265 e. The van der Waals surface area contributed by atoms with Crippen molar-refractivity contribution in [2.75, 3.05) is 39.4 Å². The topological polar surface area (TPSA) is 62.7 Å². The first-order chi connectivity index (χ1) is 14.5. The Kier molecular flexibility index (Phi) is 6.49. The molecule has 0 aliphatic carbocycles. The van der Waals surface area contributed by atoms with E-state index in [0.717, 1.165) is 34.0 Å². The van der Waals surface area contributed by atoms with Gasteiger partial charge in [0.1, 0.15) is 9.88 Å². The van der Waals surface area contributed by atoms with Crippen LogP contribution in [0.15, 0.2) is 30.3 Å². The molecule has 2 saturated heterocycles. The SMILES string of the molecule is Cc1nc(-c2ccccc2)sc1C(=O)N1CCC([C@H](C)C(=O)N2CCOCC2)CC1. The van der Waals surface area contributed by atoms with Gasteiger partial charge in [-0.3, -0.25) is 9.59 Å². The molecule has 3 heterocycles. The summed E-state index contributed by atoms with van der Waals surface area (Å²) in [5, 5.41) is 0.885. The van der Waals surface area contributed by atoms with Gasteiger partial charge in [0.2, 0.25) is 5.91 Å². The lowest BCUT2D eigenvalue weighted by molar-refractivity contribution is -0.141. The van der Waals surface area contributed by atoms with Crippen molar-refractivity contribution in [3.8, 4) is 10.6 Å². The highest BCUT2D eigenvalue weighted by Crippen LogP contribution is 2.31. The number of hydrogen-bond acceptors (Lipinski definition) is 5. The number of nitrogens with zero attached hydrogens (tertiary/aromatic N) is 3. The van der Waals surface area contributed by atoms with E-state index in [1.807, 2.05) is 54.0 Å². The number of morpholine rings is 1. The Morgan fingerprint density at radius 1 is 1.07 bits per heavy atom. The van der Waals surface area contributed by atoms with E-state index in [0.29, 0.717) is 45.3 Å². The van der Waals surface area contributed by atoms with Gasteiger partial charge in [-0.05, 0) is 25.7 Å². The summed E-state index contributed by atoms with van der Waals surface area (Å²) in [6, 6.07) is 9.98. The molecule has 0 radical (unpaired) electrons. The Morgan fingerprint density at radius 3 is 2.40 bits per heavy atom. The summed E-state index contributed by atoms with van der Waals surface area (Å²) in [5.74, 6) is 0.619. The van der Waals surface area contributed by atoms with Gasteiger partial charge in [0.15, 0.2) is 0 Å². The molecule has 2 aromatic rings. The highest BCUT2D eigenvalue weighted by Gasteiger charge is 2.33. The number of thiazole rings is 1. The monoisotopic (exact) mass is 427 g/mol. The molecule has 2 aliphatic rings. The quantitative estimate of drug-likeness (QED) is 0.750. The fourth-order valence-electron chi connectivity index (χ4n) is 4.32. The lowest BCUT2D eigenvalue weighted by Gasteiger charge is -2.37. The van der Waals surface area contributed by atoms with Crippen LogP contribution in [0.5, 0.6) is 0 Å². The molecule has 1 atom stereocenters. The lowest BCUT2D eigenvalue weighted by atomic mass is 9.84. The minimum Gasteiger partial charge on any atom is -0.378 e. The minimum atomic E-state index is -0.00447. The predicted molar refractivity (Wildman–Crippen MR) is 117 cm³/mol. The fraction of sp³-hybridized carbons (Fsp3) is 0.522. The summed E-state index contributed by atoms with van der Waals surface area (Å²) in [6.45, 7) is 7.98. The van der Waals surface area contributed by atoms with Gasteiger partial charge in [0, 0.05) is 37.7 Å². The second-order valence-corrected chi connectivity index (χ2v) is 9.15. The first kappa shape index (κ1) is 21.0. The Morgan fingerprint density at radius 2 is 1.73 bits per heavy atom. The Bertz CT molecular complexity index is 884. The lowest BCUT2D eigenvalue weighted by Crippen LogP contribution is -2.47. The third-order valence-corrected chi connectivity index (χ3v) is 7.45. The van der Waals surface area contributed by atoms with E-state index in [2.05, 4.69) is 4.98 Å². The van der Waals surface area contributed by atoms with Gasteiger partial charge in [-0.1, -0.05) is 37.3 Å². The average Bonchev–Trinajstić information content (AvgIpc) is 3.20. The summed E-state index contributed by atoms with van der Waals surface area (Å²) in [4.78, 5) is 35.1. The summed E-state index contributed by atoms with van der Waals surface area (Å²) >= 11 is 1.47. The molecule has 1 aromatic heterocycles. The molecule has 0 spiro atoms. The number of carbonyl (C=O) groups is 2. The molecule has 2 amide bonds. The fourth-order valence-corrected chi connectivity index (χ4v) is 5.36. The van der Waals surface area contributed by atoms with E-state index in [9.17, 15) is 9.59 Å². The van der Waals surface area contributed by atoms with Gasteiger partial charge in [-0.2, -0.15) is 0 Å². The molecular formula is C23H29N3O3S. The number of rotatable bonds is 4. The van der Waals surface area contributed by atoms with Crippen molar-refractivity contribution in [3.63, 3.8) is 0 Å². The van der Waals surface area contributed by atoms with E-state index in [1.54, 1.807) is 0 Å². The molecule has 0 N–H and O–H groups in total. The number of ether oxygens (including phenoxy) is 1. The largest absolute Gasteiger partial charge is 0.378 e. The average molecular weight is 428 g/mol. The zero-order valence-electron chi connectivity index (χ0n) is 17.7. The molecule has 2 aliphatic heterocycles. The van der Waals surface area contributed by atoms with Gasteiger partial charge >= 0.3 is 0 Å². The molecule has 2 fully saturated rings. The van der Waals surface area contributed by atoms with Crippen LogP contribution in [0, 0.1) is 18.8 Å². The summed E-state index contributed by atoms with van der Waals surface area (Å²) < 4.78 is 5.35. The van der Waals surface area contributed by atoms with Gasteiger partial charge in [-0.15, -0.1) is 11.3 Å². The molecule has 0 saturated carbocycles. The summed E-state index contributed by atoms with van der Waals surface area (Å²) in [7, 11) is 0. The third kappa shape index (κ3) is 4.42. The predicted octanol–water partition coefficient (Wildman–Crippen LogP) is 3.47. The number of aryl methyl sites for hydroxylation is 1. The van der Waals surface area contributed by atoms with Crippen LogP contribution in [0.3, 0.4) is 0 Å². The van der Waals surface area contributed by atoms with Crippen LogP contribution in [0.1, 0.15) is 35.1 Å². The van der Waals surface area contributed by atoms with Gasteiger partial charge in [0.25, 0.3) is 5.91 Å². The minimum absolute atomic E-state index is 0.00447.